The molecule has 0 spiro atoms. The molecule has 0 bridgehead atoms. The Morgan fingerprint density at radius 2 is 1.93 bits per heavy atom. The van der Waals surface area contributed by atoms with E-state index in [0.29, 0.717) is 0 Å². The molecule has 4 rings (SSSR count). The van der Waals surface area contributed by atoms with Gasteiger partial charge in [-0.1, -0.05) is 24.3 Å². The lowest BCUT2D eigenvalue weighted by Gasteiger charge is -2.37. The maximum Gasteiger partial charge on any atom is 0.167 e. The second-order valence-corrected chi connectivity index (χ2v) is 8.23. The number of amidine groups is 1. The van der Waals surface area contributed by atoms with Crippen molar-refractivity contribution >= 4 is 22.9 Å². The van der Waals surface area contributed by atoms with Crippen LogP contribution in [0.25, 0.3) is 0 Å². The molecule has 6 nitrogen and oxygen atoms in total. The van der Waals surface area contributed by atoms with Crippen LogP contribution in [0.15, 0.2) is 59.5 Å². The number of hydrogen-bond donors (Lipinski definition) is 0. The summed E-state index contributed by atoms with van der Waals surface area (Å²) < 4.78 is 5.52. The normalized spacial score (nSPS) is 17.6. The van der Waals surface area contributed by atoms with E-state index >= 15 is 0 Å². The van der Waals surface area contributed by atoms with Crippen LogP contribution in [-0.4, -0.2) is 80.2 Å². The van der Waals surface area contributed by atoms with Crippen molar-refractivity contribution in [2.24, 2.45) is 5.10 Å². The van der Waals surface area contributed by atoms with E-state index in [2.05, 4.69) is 55.9 Å². The number of para-hydroxylation sites is 2. The number of rotatable bonds is 8. The van der Waals surface area contributed by atoms with Gasteiger partial charge in [-0.2, -0.15) is 5.10 Å². The van der Waals surface area contributed by atoms with E-state index in [0.717, 1.165) is 64.1 Å². The van der Waals surface area contributed by atoms with Gasteiger partial charge in [0.1, 0.15) is 12.4 Å². The first-order valence-corrected chi connectivity index (χ1v) is 11.0. The summed E-state index contributed by atoms with van der Waals surface area (Å²) in [6.07, 6.45) is 1.95. The number of piperazine rings is 1. The van der Waals surface area contributed by atoms with E-state index in [1.165, 1.54) is 10.6 Å². The molecular formula is C22H29N5OS. The fourth-order valence-electron chi connectivity index (χ4n) is 3.88. The molecule has 2 aliphatic heterocycles. The van der Waals surface area contributed by atoms with Crippen molar-refractivity contribution in [2.45, 2.75) is 0 Å². The van der Waals surface area contributed by atoms with E-state index in [-0.39, 0.29) is 0 Å². The van der Waals surface area contributed by atoms with Crippen LogP contribution in [0.3, 0.4) is 0 Å². The largest absolute Gasteiger partial charge is 0.495 e. The van der Waals surface area contributed by atoms with Gasteiger partial charge < -0.3 is 14.5 Å². The van der Waals surface area contributed by atoms with E-state index < -0.39 is 0 Å². The fraction of sp³-hybridized carbons (Fsp3) is 0.409. The number of thiophene rings is 1. The van der Waals surface area contributed by atoms with Crippen LogP contribution in [0, 0.1) is 0 Å². The van der Waals surface area contributed by atoms with Gasteiger partial charge in [-0.05, 0) is 23.6 Å². The lowest BCUT2D eigenvalue weighted by atomic mass is 10.2. The van der Waals surface area contributed by atoms with Gasteiger partial charge in [0, 0.05) is 39.3 Å². The van der Waals surface area contributed by atoms with Crippen molar-refractivity contribution < 1.29 is 4.74 Å². The Morgan fingerprint density at radius 1 is 1.10 bits per heavy atom. The van der Waals surface area contributed by atoms with Gasteiger partial charge in [0.25, 0.3) is 0 Å². The van der Waals surface area contributed by atoms with Crippen molar-refractivity contribution in [1.82, 2.24) is 14.8 Å². The highest BCUT2D eigenvalue weighted by molar-refractivity contribution is 7.12. The number of benzene rings is 1. The predicted octanol–water partition coefficient (Wildman–Crippen LogP) is 3.00. The molecule has 0 saturated carbocycles. The molecule has 0 amide bonds. The third kappa shape index (κ3) is 4.57. The highest BCUT2D eigenvalue weighted by atomic mass is 32.1. The van der Waals surface area contributed by atoms with Crippen LogP contribution < -0.4 is 9.64 Å². The highest BCUT2D eigenvalue weighted by Crippen LogP contribution is 2.28. The maximum absolute atomic E-state index is 5.52. The molecule has 1 saturated heterocycles. The Balaban J connectivity index is 1.30. The molecule has 2 aliphatic rings. The van der Waals surface area contributed by atoms with E-state index in [4.69, 9.17) is 9.84 Å². The van der Waals surface area contributed by atoms with Crippen molar-refractivity contribution in [3.05, 3.63) is 59.3 Å². The molecule has 2 aromatic rings. The zero-order valence-corrected chi connectivity index (χ0v) is 17.9. The Bertz CT molecular complexity index is 829. The van der Waals surface area contributed by atoms with Gasteiger partial charge in [-0.25, -0.2) is 0 Å². The molecule has 0 atom stereocenters. The van der Waals surface area contributed by atoms with Crippen LogP contribution in [0.5, 0.6) is 5.75 Å². The molecule has 1 aromatic carbocycles. The lowest BCUT2D eigenvalue weighted by molar-refractivity contribution is 0.185. The summed E-state index contributed by atoms with van der Waals surface area (Å²) in [5.41, 5.74) is 1.19. The minimum absolute atomic E-state index is 0.824. The summed E-state index contributed by atoms with van der Waals surface area (Å²) >= 11 is 1.74. The second kappa shape index (κ2) is 9.33. The molecule has 7 heteroatoms. The van der Waals surface area contributed by atoms with Crippen LogP contribution in [0.1, 0.15) is 4.88 Å². The number of hydrogen-bond acceptors (Lipinski definition) is 7. The quantitative estimate of drug-likeness (QED) is 0.624. The van der Waals surface area contributed by atoms with Crippen molar-refractivity contribution in [3.8, 4) is 5.75 Å². The molecule has 29 heavy (non-hydrogen) atoms. The molecule has 0 aliphatic carbocycles. The van der Waals surface area contributed by atoms with Gasteiger partial charge >= 0.3 is 0 Å². The molecule has 1 aromatic heterocycles. The third-order valence-electron chi connectivity index (χ3n) is 5.43. The highest BCUT2D eigenvalue weighted by Gasteiger charge is 2.25. The molecule has 0 unspecified atom stereocenters. The van der Waals surface area contributed by atoms with Crippen LogP contribution in [0.4, 0.5) is 5.69 Å². The zero-order chi connectivity index (χ0) is 20.1. The summed E-state index contributed by atoms with van der Waals surface area (Å²) in [6.45, 7) is 11.7. The second-order valence-electron chi connectivity index (χ2n) is 7.28. The van der Waals surface area contributed by atoms with Gasteiger partial charge in [0.05, 0.1) is 24.2 Å². The third-order valence-corrected chi connectivity index (χ3v) is 6.30. The van der Waals surface area contributed by atoms with Crippen LogP contribution >= 0.6 is 11.3 Å². The van der Waals surface area contributed by atoms with Crippen molar-refractivity contribution in [2.75, 3.05) is 64.5 Å². The smallest absolute Gasteiger partial charge is 0.167 e. The maximum atomic E-state index is 5.52. The molecule has 154 valence electrons. The van der Waals surface area contributed by atoms with E-state index in [1.807, 2.05) is 18.2 Å². The number of anilines is 1. The van der Waals surface area contributed by atoms with E-state index in [9.17, 15) is 0 Å². The van der Waals surface area contributed by atoms with Crippen molar-refractivity contribution in [3.63, 3.8) is 0 Å². The Morgan fingerprint density at radius 3 is 2.66 bits per heavy atom. The monoisotopic (exact) mass is 411 g/mol. The topological polar surface area (TPSA) is 34.5 Å². The number of nitrogens with zero attached hydrogens (tertiary/aromatic N) is 5. The Kier molecular flexibility index (Phi) is 6.36. The summed E-state index contributed by atoms with van der Waals surface area (Å²) in [4.78, 5) is 8.46. The predicted molar refractivity (Wildman–Crippen MR) is 121 cm³/mol. The SMILES string of the molecule is C=CCN1CN(CCN2CCN(c3ccccc3OC)CC2)N=C1c1cccs1. The van der Waals surface area contributed by atoms with E-state index in [1.54, 1.807) is 18.4 Å². The van der Waals surface area contributed by atoms with Gasteiger partial charge in [-0.15, -0.1) is 17.9 Å². The molecule has 1 fully saturated rings. The standard InChI is InChI=1S/C22H29N5OS/c1-3-10-26-18-27(23-22(26)21-9-6-17-29-21)16-13-24-11-14-25(15-12-24)19-7-4-5-8-20(19)28-2/h3-9,17H,1,10-16,18H2,2H3. The molecular weight excluding hydrogens is 382 g/mol. The summed E-state index contributed by atoms with van der Waals surface area (Å²) in [7, 11) is 1.74. The number of methoxy groups -OCH3 is 1. The van der Waals surface area contributed by atoms with Crippen LogP contribution in [0.2, 0.25) is 0 Å². The summed E-state index contributed by atoms with van der Waals surface area (Å²) in [6, 6.07) is 12.5. The minimum Gasteiger partial charge on any atom is -0.495 e. The summed E-state index contributed by atoms with van der Waals surface area (Å²) in [5.74, 6) is 2.02. The van der Waals surface area contributed by atoms with Crippen LogP contribution in [-0.2, 0) is 0 Å². The number of ether oxygens (including phenoxy) is 1. The zero-order valence-electron chi connectivity index (χ0n) is 17.0. The van der Waals surface area contributed by atoms with Gasteiger partial charge in [0.15, 0.2) is 5.84 Å². The lowest BCUT2D eigenvalue weighted by Crippen LogP contribution is -2.48. The first-order valence-electron chi connectivity index (χ1n) is 10.1. The molecule has 0 N–H and O–H groups in total. The average Bonchev–Trinajstić information content (AvgIpc) is 3.43. The van der Waals surface area contributed by atoms with Gasteiger partial charge in [-0.3, -0.25) is 9.91 Å². The fourth-order valence-corrected chi connectivity index (χ4v) is 4.62. The van der Waals surface area contributed by atoms with Crippen molar-refractivity contribution in [1.29, 1.82) is 0 Å². The van der Waals surface area contributed by atoms with Gasteiger partial charge in [0.2, 0.25) is 0 Å². The summed E-state index contributed by atoms with van der Waals surface area (Å²) in [5, 5.41) is 9.18. The molecule has 0 radical (unpaired) electrons. The minimum atomic E-state index is 0.824. The number of hydrazone groups is 1. The first-order chi connectivity index (χ1) is 14.3. The molecule has 3 heterocycles. The average molecular weight is 412 g/mol. The Hall–Kier alpha value is -2.51. The first kappa shape index (κ1) is 19.8. The Labute approximate surface area is 177 Å².